The molecular weight excluding hydrogens is 364 g/mol. The van der Waals surface area contributed by atoms with Gasteiger partial charge in [-0.1, -0.05) is 0 Å². The molecule has 1 N–H and O–H groups in total. The molecule has 25 heavy (non-hydrogen) atoms. The Morgan fingerprint density at radius 3 is 2.64 bits per heavy atom. The Morgan fingerprint density at radius 1 is 1.24 bits per heavy atom. The Bertz CT molecular complexity index is 886. The Balaban J connectivity index is 1.64. The van der Waals surface area contributed by atoms with Gasteiger partial charge in [0.25, 0.3) is 0 Å². The predicted octanol–water partition coefficient (Wildman–Crippen LogP) is 2.33. The predicted molar refractivity (Wildman–Crippen MR) is 94.3 cm³/mol. The molecule has 7 nitrogen and oxygen atoms in total. The van der Waals surface area contributed by atoms with Gasteiger partial charge in [0, 0.05) is 17.4 Å². The van der Waals surface area contributed by atoms with Crippen LogP contribution >= 0.6 is 11.3 Å². The first-order valence-electron chi connectivity index (χ1n) is 7.71. The lowest BCUT2D eigenvalue weighted by molar-refractivity contribution is -0.115. The molecule has 0 saturated carbocycles. The van der Waals surface area contributed by atoms with Crippen LogP contribution in [-0.4, -0.2) is 38.3 Å². The Kier molecular flexibility index (Phi) is 4.96. The van der Waals surface area contributed by atoms with Gasteiger partial charge in [-0.2, -0.15) is 0 Å². The first-order chi connectivity index (χ1) is 11.8. The third kappa shape index (κ3) is 4.10. The van der Waals surface area contributed by atoms with Gasteiger partial charge >= 0.3 is 0 Å². The van der Waals surface area contributed by atoms with E-state index in [-0.39, 0.29) is 23.0 Å². The van der Waals surface area contributed by atoms with Crippen molar-refractivity contribution >= 4 is 32.2 Å². The minimum Gasteiger partial charge on any atom is -0.486 e. The zero-order valence-electron chi connectivity index (χ0n) is 13.9. The Hall–Kier alpha value is -2.13. The number of aromatic nitrogens is 1. The van der Waals surface area contributed by atoms with Crippen LogP contribution in [0.5, 0.6) is 11.5 Å². The van der Waals surface area contributed by atoms with Crippen molar-refractivity contribution in [1.82, 2.24) is 4.98 Å². The number of nitrogens with zero attached hydrogens (tertiary/aromatic N) is 1. The molecular formula is C16H18N2O5S2. The molecule has 0 saturated heterocycles. The van der Waals surface area contributed by atoms with Crippen molar-refractivity contribution in [3.05, 3.63) is 28.8 Å². The third-order valence-corrected chi connectivity index (χ3v) is 6.45. The average Bonchev–Trinajstić information content (AvgIpc) is 2.90. The van der Waals surface area contributed by atoms with Crippen LogP contribution in [0.1, 0.15) is 17.0 Å². The third-order valence-electron chi connectivity index (χ3n) is 3.75. The summed E-state index contributed by atoms with van der Waals surface area (Å²) in [4.78, 5) is 17.3. The summed E-state index contributed by atoms with van der Waals surface area (Å²) in [5, 5.41) is 3.12. The zero-order valence-corrected chi connectivity index (χ0v) is 15.5. The number of benzene rings is 1. The molecule has 2 heterocycles. The molecule has 0 unspecified atom stereocenters. The maximum Gasteiger partial charge on any atom is 0.227 e. The fourth-order valence-electron chi connectivity index (χ4n) is 2.27. The number of sulfone groups is 1. The van der Waals surface area contributed by atoms with Crippen LogP contribution in [0.4, 0.5) is 5.13 Å². The SMILES string of the molecule is Cc1nc(NC(=O)CCS(=O)(=O)c2ccc3c(c2)OCCO3)sc1C. The number of thiazole rings is 1. The van der Waals surface area contributed by atoms with Crippen molar-refractivity contribution in [2.24, 2.45) is 0 Å². The molecule has 0 aliphatic carbocycles. The van der Waals surface area contributed by atoms with E-state index in [1.165, 1.54) is 23.5 Å². The first-order valence-corrected chi connectivity index (χ1v) is 10.2. The maximum absolute atomic E-state index is 12.4. The quantitative estimate of drug-likeness (QED) is 0.853. The smallest absolute Gasteiger partial charge is 0.227 e. The second kappa shape index (κ2) is 7.01. The Labute approximate surface area is 149 Å². The molecule has 1 amide bonds. The van der Waals surface area contributed by atoms with Gasteiger partial charge in [0.05, 0.1) is 16.3 Å². The van der Waals surface area contributed by atoms with Crippen LogP contribution in [0, 0.1) is 13.8 Å². The number of amides is 1. The molecule has 9 heteroatoms. The van der Waals surface area contributed by atoms with E-state index >= 15 is 0 Å². The summed E-state index contributed by atoms with van der Waals surface area (Å²) in [6, 6.07) is 4.48. The number of carbonyl (C=O) groups excluding carboxylic acids is 1. The van der Waals surface area contributed by atoms with E-state index in [1.54, 1.807) is 6.07 Å². The van der Waals surface area contributed by atoms with Crippen molar-refractivity contribution in [1.29, 1.82) is 0 Å². The number of anilines is 1. The van der Waals surface area contributed by atoms with Crippen LogP contribution in [0.3, 0.4) is 0 Å². The zero-order chi connectivity index (χ0) is 18.0. The molecule has 3 rings (SSSR count). The highest BCUT2D eigenvalue weighted by molar-refractivity contribution is 7.91. The number of rotatable bonds is 5. The van der Waals surface area contributed by atoms with Gasteiger partial charge in [-0.3, -0.25) is 4.79 Å². The average molecular weight is 382 g/mol. The van der Waals surface area contributed by atoms with Gasteiger partial charge in [-0.05, 0) is 26.0 Å². The molecule has 1 aliphatic rings. The molecule has 0 fully saturated rings. The number of ether oxygens (including phenoxy) is 2. The summed E-state index contributed by atoms with van der Waals surface area (Å²) in [6.07, 6.45) is -0.144. The maximum atomic E-state index is 12.4. The standard InChI is InChI=1S/C16H18N2O5S2/c1-10-11(2)24-16(17-10)18-15(19)5-8-25(20,21)12-3-4-13-14(9-12)23-7-6-22-13/h3-4,9H,5-8H2,1-2H3,(H,17,18,19). The molecule has 0 spiro atoms. The minimum atomic E-state index is -3.60. The van der Waals surface area contributed by atoms with E-state index in [1.807, 2.05) is 13.8 Å². The first kappa shape index (κ1) is 17.7. The number of hydrogen-bond donors (Lipinski definition) is 1. The fraction of sp³-hybridized carbons (Fsp3) is 0.375. The molecule has 2 aromatic rings. The van der Waals surface area contributed by atoms with Crippen LogP contribution < -0.4 is 14.8 Å². The van der Waals surface area contributed by atoms with Gasteiger partial charge in [0.15, 0.2) is 26.5 Å². The van der Waals surface area contributed by atoms with Gasteiger partial charge in [0.1, 0.15) is 13.2 Å². The molecule has 0 atom stereocenters. The molecule has 0 bridgehead atoms. The van der Waals surface area contributed by atoms with Crippen LogP contribution in [0.25, 0.3) is 0 Å². The normalized spacial score (nSPS) is 13.5. The van der Waals surface area contributed by atoms with Crippen molar-refractivity contribution < 1.29 is 22.7 Å². The fourth-order valence-corrected chi connectivity index (χ4v) is 4.35. The lowest BCUT2D eigenvalue weighted by Gasteiger charge is -2.18. The second-order valence-corrected chi connectivity index (χ2v) is 8.90. The van der Waals surface area contributed by atoms with Crippen molar-refractivity contribution in [3.63, 3.8) is 0 Å². The van der Waals surface area contributed by atoms with Crippen molar-refractivity contribution in [2.75, 3.05) is 24.3 Å². The molecule has 1 aromatic carbocycles. The van der Waals surface area contributed by atoms with E-state index < -0.39 is 9.84 Å². The molecule has 0 radical (unpaired) electrons. The van der Waals surface area contributed by atoms with Gasteiger partial charge in [-0.25, -0.2) is 13.4 Å². The number of carbonyl (C=O) groups is 1. The van der Waals surface area contributed by atoms with E-state index in [0.29, 0.717) is 29.8 Å². The van der Waals surface area contributed by atoms with E-state index in [9.17, 15) is 13.2 Å². The lowest BCUT2D eigenvalue weighted by atomic mass is 10.3. The van der Waals surface area contributed by atoms with Crippen LogP contribution in [0.2, 0.25) is 0 Å². The highest BCUT2D eigenvalue weighted by Gasteiger charge is 2.21. The lowest BCUT2D eigenvalue weighted by Crippen LogP contribution is -2.18. The largest absolute Gasteiger partial charge is 0.486 e. The van der Waals surface area contributed by atoms with Crippen LogP contribution in [0.15, 0.2) is 23.1 Å². The van der Waals surface area contributed by atoms with Crippen molar-refractivity contribution in [3.8, 4) is 11.5 Å². The summed E-state index contributed by atoms with van der Waals surface area (Å²) in [5.41, 5.74) is 0.851. The summed E-state index contributed by atoms with van der Waals surface area (Å²) < 4.78 is 35.7. The van der Waals surface area contributed by atoms with Crippen molar-refractivity contribution in [2.45, 2.75) is 25.2 Å². The topological polar surface area (TPSA) is 94.6 Å². The summed E-state index contributed by atoms with van der Waals surface area (Å²) in [5.74, 6) is 0.264. The summed E-state index contributed by atoms with van der Waals surface area (Å²) in [7, 11) is -3.60. The summed E-state index contributed by atoms with van der Waals surface area (Å²) in [6.45, 7) is 4.59. The monoisotopic (exact) mass is 382 g/mol. The van der Waals surface area contributed by atoms with E-state index in [4.69, 9.17) is 9.47 Å². The number of nitrogens with one attached hydrogen (secondary N) is 1. The van der Waals surface area contributed by atoms with Crippen LogP contribution in [-0.2, 0) is 14.6 Å². The summed E-state index contributed by atoms with van der Waals surface area (Å²) >= 11 is 1.36. The van der Waals surface area contributed by atoms with E-state index in [2.05, 4.69) is 10.3 Å². The van der Waals surface area contributed by atoms with Gasteiger partial charge in [0.2, 0.25) is 5.91 Å². The molecule has 134 valence electrons. The molecule has 1 aromatic heterocycles. The highest BCUT2D eigenvalue weighted by Crippen LogP contribution is 2.32. The Morgan fingerprint density at radius 2 is 1.96 bits per heavy atom. The minimum absolute atomic E-state index is 0.116. The molecule has 1 aliphatic heterocycles. The van der Waals surface area contributed by atoms with Gasteiger partial charge in [-0.15, -0.1) is 11.3 Å². The van der Waals surface area contributed by atoms with Gasteiger partial charge < -0.3 is 14.8 Å². The number of fused-ring (bicyclic) bond motifs is 1. The second-order valence-electron chi connectivity index (χ2n) is 5.58. The highest BCUT2D eigenvalue weighted by atomic mass is 32.2. The number of hydrogen-bond acceptors (Lipinski definition) is 7. The number of aryl methyl sites for hydroxylation is 2. The van der Waals surface area contributed by atoms with E-state index in [0.717, 1.165) is 10.6 Å².